The SMILES string of the molecule is CC.CC.CC.CC.CC.Cc1cnc(C(=O)O)cc1-n1c(C)cc(OC(O)c2ncc(F)cc2F)c(Cl)c1=O. The molecule has 3 rings (SSSR count). The fraction of sp³-hybridized carbons (Fsp3) is 0.448. The Morgan fingerprint density at radius 1 is 0.925 bits per heavy atom. The normalized spacial score (nSPS) is 9.70. The van der Waals surface area contributed by atoms with Crippen LogP contribution in [-0.4, -0.2) is 30.7 Å². The first-order chi connectivity index (χ1) is 19.1. The average molecular weight is 588 g/mol. The van der Waals surface area contributed by atoms with Crippen LogP contribution in [0.5, 0.6) is 5.75 Å². The van der Waals surface area contributed by atoms with Gasteiger partial charge in [0.15, 0.2) is 5.82 Å². The van der Waals surface area contributed by atoms with Crippen LogP contribution in [0.3, 0.4) is 0 Å². The van der Waals surface area contributed by atoms with E-state index in [1.54, 1.807) is 6.92 Å². The number of carboxylic acid groups (broad SMARTS) is 1. The van der Waals surface area contributed by atoms with E-state index in [1.807, 2.05) is 69.2 Å². The van der Waals surface area contributed by atoms with Crippen LogP contribution in [-0.2, 0) is 0 Å². The summed E-state index contributed by atoms with van der Waals surface area (Å²) in [5, 5.41) is 18.8. The zero-order valence-electron chi connectivity index (χ0n) is 25.6. The lowest BCUT2D eigenvalue weighted by Crippen LogP contribution is -2.24. The maximum Gasteiger partial charge on any atom is 0.354 e. The van der Waals surface area contributed by atoms with Gasteiger partial charge in [0.1, 0.15) is 28.0 Å². The van der Waals surface area contributed by atoms with Crippen molar-refractivity contribution in [3.8, 4) is 11.4 Å². The molecule has 1 atom stereocenters. The minimum atomic E-state index is -1.96. The first-order valence-electron chi connectivity index (χ1n) is 13.4. The molecule has 0 bridgehead atoms. The smallest absolute Gasteiger partial charge is 0.354 e. The van der Waals surface area contributed by atoms with Crippen LogP contribution in [0.1, 0.15) is 103 Å². The molecule has 0 fully saturated rings. The third-order valence-electron chi connectivity index (χ3n) is 4.14. The van der Waals surface area contributed by atoms with Gasteiger partial charge in [-0.2, -0.15) is 0 Å². The molecule has 0 aromatic carbocycles. The van der Waals surface area contributed by atoms with Crippen molar-refractivity contribution in [2.75, 3.05) is 0 Å². The molecule has 0 spiro atoms. The van der Waals surface area contributed by atoms with Crippen LogP contribution in [0, 0.1) is 25.5 Å². The van der Waals surface area contributed by atoms with Crippen LogP contribution in [0.25, 0.3) is 5.69 Å². The van der Waals surface area contributed by atoms with Crippen molar-refractivity contribution in [3.05, 3.63) is 80.2 Å². The molecule has 3 heterocycles. The van der Waals surface area contributed by atoms with Crippen LogP contribution < -0.4 is 10.3 Å². The van der Waals surface area contributed by atoms with E-state index < -0.39 is 40.2 Å². The number of aliphatic hydroxyl groups excluding tert-OH is 1. The van der Waals surface area contributed by atoms with Crippen LogP contribution >= 0.6 is 11.6 Å². The molecule has 0 saturated heterocycles. The van der Waals surface area contributed by atoms with Crippen molar-refractivity contribution in [1.29, 1.82) is 0 Å². The van der Waals surface area contributed by atoms with Crippen molar-refractivity contribution in [2.45, 2.75) is 89.4 Å². The van der Waals surface area contributed by atoms with Gasteiger partial charge in [0.25, 0.3) is 5.56 Å². The zero-order chi connectivity index (χ0) is 32.2. The molecule has 3 aromatic rings. The summed E-state index contributed by atoms with van der Waals surface area (Å²) in [6.45, 7) is 23.2. The van der Waals surface area contributed by atoms with Gasteiger partial charge >= 0.3 is 5.97 Å². The maximum atomic E-state index is 13.8. The second-order valence-corrected chi connectivity index (χ2v) is 6.63. The fourth-order valence-electron chi connectivity index (χ4n) is 2.72. The van der Waals surface area contributed by atoms with Gasteiger partial charge in [0.2, 0.25) is 6.29 Å². The van der Waals surface area contributed by atoms with Crippen molar-refractivity contribution in [2.24, 2.45) is 0 Å². The van der Waals surface area contributed by atoms with Crippen LogP contribution in [0.4, 0.5) is 8.78 Å². The molecule has 8 nitrogen and oxygen atoms in total. The molecule has 1 unspecified atom stereocenters. The van der Waals surface area contributed by atoms with E-state index in [9.17, 15) is 23.5 Å². The highest BCUT2D eigenvalue weighted by atomic mass is 35.5. The number of ether oxygens (including phenoxy) is 1. The number of aliphatic hydroxyl groups is 1. The molecular weight excluding hydrogens is 544 g/mol. The summed E-state index contributed by atoms with van der Waals surface area (Å²) >= 11 is 6.10. The number of carboxylic acids is 1. The molecule has 3 aromatic heterocycles. The first kappa shape index (κ1) is 41.1. The van der Waals surface area contributed by atoms with Crippen molar-refractivity contribution in [3.63, 3.8) is 0 Å². The second-order valence-electron chi connectivity index (χ2n) is 6.26. The Morgan fingerprint density at radius 2 is 1.45 bits per heavy atom. The van der Waals surface area contributed by atoms with Gasteiger partial charge in [-0.25, -0.2) is 23.5 Å². The summed E-state index contributed by atoms with van der Waals surface area (Å²) in [5.74, 6) is -3.62. The Balaban J connectivity index is -0.00000123. The van der Waals surface area contributed by atoms with E-state index in [4.69, 9.17) is 21.4 Å². The number of aromatic carboxylic acids is 1. The number of pyridine rings is 3. The molecule has 2 N–H and O–H groups in total. The molecule has 0 radical (unpaired) electrons. The molecule has 0 aliphatic heterocycles. The van der Waals surface area contributed by atoms with E-state index in [-0.39, 0.29) is 22.8 Å². The maximum absolute atomic E-state index is 13.8. The number of nitrogens with zero attached hydrogens (tertiary/aromatic N) is 3. The Labute approximate surface area is 241 Å². The molecule has 0 aliphatic rings. The number of hydrogen-bond acceptors (Lipinski definition) is 6. The lowest BCUT2D eigenvalue weighted by Gasteiger charge is -2.18. The Hall–Kier alpha value is -3.37. The zero-order valence-corrected chi connectivity index (χ0v) is 26.3. The van der Waals surface area contributed by atoms with Gasteiger partial charge in [0, 0.05) is 24.0 Å². The molecule has 40 heavy (non-hydrogen) atoms. The summed E-state index contributed by atoms with van der Waals surface area (Å²) < 4.78 is 33.1. The second kappa shape index (κ2) is 22.4. The van der Waals surface area contributed by atoms with Crippen molar-refractivity contribution in [1.82, 2.24) is 14.5 Å². The summed E-state index contributed by atoms with van der Waals surface area (Å²) in [6, 6.07) is 3.04. The third-order valence-corrected chi connectivity index (χ3v) is 4.49. The summed E-state index contributed by atoms with van der Waals surface area (Å²) in [7, 11) is 0. The largest absolute Gasteiger partial charge is 0.477 e. The third kappa shape index (κ3) is 11.4. The Morgan fingerprint density at radius 3 is 1.93 bits per heavy atom. The lowest BCUT2D eigenvalue weighted by atomic mass is 10.2. The first-order valence-corrected chi connectivity index (χ1v) is 13.8. The van der Waals surface area contributed by atoms with E-state index in [2.05, 4.69) is 9.97 Å². The standard InChI is InChI=1S/C19H14ClF2N3O5.5C2H6/c1-8-6-23-12(18(27)28)5-13(8)25-9(2)3-14(15(20)17(25)26)30-19(29)16-11(22)4-10(21)7-24-16;5*1-2/h3-7,19,29H,1-2H3,(H,27,28);5*1-2H3. The topological polar surface area (TPSA) is 115 Å². The average Bonchev–Trinajstić information content (AvgIpc) is 2.97. The Bertz CT molecular complexity index is 1220. The number of carbonyl (C=O) groups is 1. The summed E-state index contributed by atoms with van der Waals surface area (Å²) in [5.41, 5.74) is -0.600. The molecule has 0 aliphatic carbocycles. The Kier molecular flexibility index (Phi) is 23.1. The molecule has 11 heteroatoms. The predicted octanol–water partition coefficient (Wildman–Crippen LogP) is 8.08. The van der Waals surface area contributed by atoms with Gasteiger partial charge in [-0.1, -0.05) is 80.8 Å². The van der Waals surface area contributed by atoms with Gasteiger partial charge in [-0.05, 0) is 25.5 Å². The number of aromatic nitrogens is 3. The van der Waals surface area contributed by atoms with Gasteiger partial charge in [-0.15, -0.1) is 0 Å². The lowest BCUT2D eigenvalue weighted by molar-refractivity contribution is -0.0258. The molecule has 0 amide bonds. The van der Waals surface area contributed by atoms with E-state index >= 15 is 0 Å². The summed E-state index contributed by atoms with van der Waals surface area (Å²) in [6.07, 6.45) is 0.0386. The van der Waals surface area contributed by atoms with E-state index in [0.717, 1.165) is 4.57 Å². The highest BCUT2D eigenvalue weighted by Crippen LogP contribution is 2.28. The molecular formula is C29H44ClF2N3O5. The molecule has 226 valence electrons. The number of aryl methyl sites for hydroxylation is 2. The van der Waals surface area contributed by atoms with Crippen LogP contribution in [0.2, 0.25) is 5.02 Å². The fourth-order valence-corrected chi connectivity index (χ4v) is 2.90. The monoisotopic (exact) mass is 587 g/mol. The highest BCUT2D eigenvalue weighted by molar-refractivity contribution is 6.31. The van der Waals surface area contributed by atoms with Crippen molar-refractivity contribution >= 4 is 17.6 Å². The number of halogens is 3. The van der Waals surface area contributed by atoms with Gasteiger partial charge < -0.3 is 14.9 Å². The van der Waals surface area contributed by atoms with Crippen LogP contribution in [0.15, 0.2) is 35.4 Å². The summed E-state index contributed by atoms with van der Waals surface area (Å²) in [4.78, 5) is 31.3. The predicted molar refractivity (Wildman–Crippen MR) is 158 cm³/mol. The van der Waals surface area contributed by atoms with E-state index in [1.165, 1.54) is 25.3 Å². The number of hydrogen-bond donors (Lipinski definition) is 2. The quantitative estimate of drug-likeness (QED) is 0.290. The van der Waals surface area contributed by atoms with E-state index in [0.29, 0.717) is 17.8 Å². The number of rotatable bonds is 5. The van der Waals surface area contributed by atoms with Gasteiger partial charge in [-0.3, -0.25) is 9.36 Å². The molecule has 0 saturated carbocycles. The van der Waals surface area contributed by atoms with Gasteiger partial charge in [0.05, 0.1) is 11.9 Å². The highest BCUT2D eigenvalue weighted by Gasteiger charge is 2.22. The van der Waals surface area contributed by atoms with Crippen molar-refractivity contribution < 1.29 is 28.5 Å². The minimum absolute atomic E-state index is 0.241. The minimum Gasteiger partial charge on any atom is -0.477 e.